The highest BCUT2D eigenvalue weighted by Crippen LogP contribution is 2.48. The van der Waals surface area contributed by atoms with Gasteiger partial charge < -0.3 is 15.2 Å². The molecule has 0 aromatic heterocycles. The number of hydrogen-bond donors (Lipinski definition) is 2. The fourth-order valence-corrected chi connectivity index (χ4v) is 4.13. The van der Waals surface area contributed by atoms with E-state index in [1.54, 1.807) is 24.3 Å². The Bertz CT molecular complexity index is 932. The number of ether oxygens (including phenoxy) is 1. The Balaban J connectivity index is 1.54. The lowest BCUT2D eigenvalue weighted by atomic mass is 9.69. The van der Waals surface area contributed by atoms with Gasteiger partial charge in [-0.05, 0) is 74.1 Å². The molecule has 4 rings (SSSR count). The maximum absolute atomic E-state index is 14.0. The Morgan fingerprint density at radius 2 is 1.96 bits per heavy atom. The number of aryl methyl sites for hydroxylation is 1. The molecule has 1 fully saturated rings. The monoisotopic (exact) mass is 369 g/mol. The number of nitrogens with one attached hydrogen (secondary N) is 1. The average molecular weight is 369 g/mol. The fraction of sp³-hybridized carbons (Fsp3) is 0.333. The van der Waals surface area contributed by atoms with Crippen molar-refractivity contribution in [3.05, 3.63) is 58.9 Å². The molecule has 2 aromatic rings. The molecule has 2 aromatic carbocycles. The topological polar surface area (TPSA) is 75.6 Å². The number of halogens is 1. The van der Waals surface area contributed by atoms with Crippen molar-refractivity contribution in [2.24, 2.45) is 0 Å². The van der Waals surface area contributed by atoms with E-state index in [9.17, 15) is 19.1 Å². The van der Waals surface area contributed by atoms with Crippen LogP contribution in [0.2, 0.25) is 0 Å². The number of carboxylic acids is 1. The van der Waals surface area contributed by atoms with Crippen molar-refractivity contribution in [3.63, 3.8) is 0 Å². The predicted octanol–water partition coefficient (Wildman–Crippen LogP) is 4.04. The van der Waals surface area contributed by atoms with Crippen molar-refractivity contribution >= 4 is 17.6 Å². The summed E-state index contributed by atoms with van der Waals surface area (Å²) < 4.78 is 19.9. The van der Waals surface area contributed by atoms with Gasteiger partial charge in [-0.15, -0.1) is 0 Å². The number of amides is 1. The molecule has 1 heterocycles. The Morgan fingerprint density at radius 1 is 1.22 bits per heavy atom. The molecule has 140 valence electrons. The Labute approximate surface area is 156 Å². The molecular weight excluding hydrogens is 349 g/mol. The van der Waals surface area contributed by atoms with E-state index in [0.717, 1.165) is 11.1 Å². The normalized spacial score (nSPS) is 23.8. The number of rotatable bonds is 3. The number of anilines is 1. The van der Waals surface area contributed by atoms with Gasteiger partial charge >= 0.3 is 5.97 Å². The van der Waals surface area contributed by atoms with Gasteiger partial charge in [0.2, 0.25) is 5.91 Å². The predicted molar refractivity (Wildman–Crippen MR) is 97.7 cm³/mol. The van der Waals surface area contributed by atoms with Gasteiger partial charge in [-0.2, -0.15) is 0 Å². The van der Waals surface area contributed by atoms with Crippen molar-refractivity contribution < 1.29 is 23.8 Å². The highest BCUT2D eigenvalue weighted by molar-refractivity contribution is 6.07. The largest absolute Gasteiger partial charge is 0.487 e. The molecule has 2 aliphatic rings. The minimum Gasteiger partial charge on any atom is -0.487 e. The van der Waals surface area contributed by atoms with Gasteiger partial charge in [0.05, 0.1) is 17.1 Å². The zero-order valence-corrected chi connectivity index (χ0v) is 14.9. The van der Waals surface area contributed by atoms with Crippen LogP contribution in [0, 0.1) is 12.7 Å². The summed E-state index contributed by atoms with van der Waals surface area (Å²) in [5.74, 6) is -1.27. The first-order valence-electron chi connectivity index (χ1n) is 9.01. The van der Waals surface area contributed by atoms with E-state index < -0.39 is 11.4 Å². The third kappa shape index (κ3) is 2.95. The Hall–Kier alpha value is -2.89. The van der Waals surface area contributed by atoms with Crippen LogP contribution in [-0.2, 0) is 10.2 Å². The second kappa shape index (κ2) is 6.37. The minimum atomic E-state index is -1.01. The summed E-state index contributed by atoms with van der Waals surface area (Å²) in [6.07, 6.45) is 2.09. The summed E-state index contributed by atoms with van der Waals surface area (Å²) in [5.41, 5.74) is 1.69. The molecule has 1 spiro atoms. The number of fused-ring (bicyclic) bond motifs is 2. The molecule has 0 unspecified atom stereocenters. The molecule has 0 radical (unpaired) electrons. The summed E-state index contributed by atoms with van der Waals surface area (Å²) in [7, 11) is 0. The number of hydrogen-bond acceptors (Lipinski definition) is 3. The van der Waals surface area contributed by atoms with Gasteiger partial charge in [0.25, 0.3) is 0 Å². The van der Waals surface area contributed by atoms with Crippen LogP contribution in [0.3, 0.4) is 0 Å². The number of carbonyl (C=O) groups is 2. The number of aromatic carboxylic acids is 1. The van der Waals surface area contributed by atoms with Gasteiger partial charge in [-0.3, -0.25) is 4.79 Å². The second-order valence-electron chi connectivity index (χ2n) is 7.35. The average Bonchev–Trinajstić information content (AvgIpc) is 2.90. The molecule has 0 bridgehead atoms. The number of carboxylic acid groups (broad SMARTS) is 1. The van der Waals surface area contributed by atoms with E-state index in [0.29, 0.717) is 31.4 Å². The summed E-state index contributed by atoms with van der Waals surface area (Å²) in [4.78, 5) is 24.0. The van der Waals surface area contributed by atoms with Gasteiger partial charge in [-0.25, -0.2) is 9.18 Å². The van der Waals surface area contributed by atoms with E-state index in [4.69, 9.17) is 4.74 Å². The zero-order valence-electron chi connectivity index (χ0n) is 14.9. The molecule has 6 heteroatoms. The van der Waals surface area contributed by atoms with Crippen LogP contribution in [0.5, 0.6) is 5.75 Å². The van der Waals surface area contributed by atoms with Crippen molar-refractivity contribution in [2.45, 2.75) is 44.1 Å². The van der Waals surface area contributed by atoms with Crippen LogP contribution in [0.25, 0.3) is 0 Å². The highest BCUT2D eigenvalue weighted by Gasteiger charge is 2.49. The highest BCUT2D eigenvalue weighted by atomic mass is 19.1. The first kappa shape index (κ1) is 17.5. The first-order valence-corrected chi connectivity index (χ1v) is 9.01. The van der Waals surface area contributed by atoms with E-state index in [1.165, 1.54) is 12.1 Å². The third-order valence-corrected chi connectivity index (χ3v) is 5.63. The Morgan fingerprint density at radius 3 is 2.63 bits per heavy atom. The van der Waals surface area contributed by atoms with Crippen LogP contribution in [0.1, 0.15) is 47.2 Å². The number of carbonyl (C=O) groups excluding carboxylic acids is 1. The zero-order chi connectivity index (χ0) is 19.2. The summed E-state index contributed by atoms with van der Waals surface area (Å²) in [6, 6.07) is 9.61. The first-order chi connectivity index (χ1) is 12.9. The summed E-state index contributed by atoms with van der Waals surface area (Å²) >= 11 is 0. The quantitative estimate of drug-likeness (QED) is 0.856. The third-order valence-electron chi connectivity index (χ3n) is 5.63. The number of benzene rings is 2. The van der Waals surface area contributed by atoms with E-state index >= 15 is 0 Å². The molecule has 1 saturated carbocycles. The Kier molecular flexibility index (Phi) is 4.13. The van der Waals surface area contributed by atoms with Crippen LogP contribution in [0.4, 0.5) is 10.1 Å². The minimum absolute atomic E-state index is 0.0972. The van der Waals surface area contributed by atoms with Crippen LogP contribution < -0.4 is 10.1 Å². The molecule has 1 amide bonds. The molecule has 0 saturated heterocycles. The van der Waals surface area contributed by atoms with E-state index in [1.807, 2.05) is 6.92 Å². The van der Waals surface area contributed by atoms with Gasteiger partial charge in [-0.1, -0.05) is 6.07 Å². The van der Waals surface area contributed by atoms with E-state index in [2.05, 4.69) is 5.32 Å². The molecule has 27 heavy (non-hydrogen) atoms. The molecule has 0 atom stereocenters. The van der Waals surface area contributed by atoms with Crippen molar-refractivity contribution in [1.29, 1.82) is 0 Å². The fourth-order valence-electron chi connectivity index (χ4n) is 4.13. The lowest BCUT2D eigenvalue weighted by molar-refractivity contribution is -0.122. The van der Waals surface area contributed by atoms with Gasteiger partial charge in [0, 0.05) is 5.69 Å². The maximum atomic E-state index is 14.0. The van der Waals surface area contributed by atoms with Crippen molar-refractivity contribution in [1.82, 2.24) is 0 Å². The van der Waals surface area contributed by atoms with Crippen molar-refractivity contribution in [3.8, 4) is 5.75 Å². The van der Waals surface area contributed by atoms with Gasteiger partial charge in [0.1, 0.15) is 0 Å². The SMILES string of the molecule is Cc1ccc(OC2CCC3(CC2)C(=O)Nc2ccc(C(=O)O)cc23)c(F)c1. The van der Waals surface area contributed by atoms with E-state index in [-0.39, 0.29) is 29.1 Å². The van der Waals surface area contributed by atoms with Gasteiger partial charge in [0.15, 0.2) is 11.6 Å². The molecule has 1 aliphatic carbocycles. The van der Waals surface area contributed by atoms with Crippen LogP contribution in [0.15, 0.2) is 36.4 Å². The van der Waals surface area contributed by atoms with Crippen LogP contribution >= 0.6 is 0 Å². The second-order valence-corrected chi connectivity index (χ2v) is 7.35. The standard InChI is InChI=1S/C21H20FNO4/c1-12-2-5-18(16(22)10-12)27-14-6-8-21(9-7-14)15-11-13(19(24)25)3-4-17(15)23-20(21)26/h2-5,10-11,14H,6-9H2,1H3,(H,23,26)(H,24,25). The lowest BCUT2D eigenvalue weighted by Gasteiger charge is -2.35. The maximum Gasteiger partial charge on any atom is 0.335 e. The molecule has 2 N–H and O–H groups in total. The summed E-state index contributed by atoms with van der Waals surface area (Å²) in [5, 5.41) is 12.1. The lowest BCUT2D eigenvalue weighted by Crippen LogP contribution is -2.41. The summed E-state index contributed by atoms with van der Waals surface area (Å²) in [6.45, 7) is 1.82. The molecule has 1 aliphatic heterocycles. The molecule has 5 nitrogen and oxygen atoms in total. The smallest absolute Gasteiger partial charge is 0.335 e. The van der Waals surface area contributed by atoms with Crippen LogP contribution in [-0.4, -0.2) is 23.1 Å². The van der Waals surface area contributed by atoms with Crippen molar-refractivity contribution in [2.75, 3.05) is 5.32 Å². The molecular formula is C21H20FNO4.